The van der Waals surface area contributed by atoms with E-state index in [9.17, 15) is 18.3 Å². The van der Waals surface area contributed by atoms with Gasteiger partial charge in [0.15, 0.2) is 0 Å². The van der Waals surface area contributed by atoms with Crippen LogP contribution < -0.4 is 10.1 Å². The average molecular weight is 494 g/mol. The van der Waals surface area contributed by atoms with Crippen LogP contribution in [0.4, 0.5) is 0 Å². The normalized spacial score (nSPS) is 16.2. The number of aromatic nitrogens is 1. The lowest BCUT2D eigenvalue weighted by atomic mass is 10.3. The lowest BCUT2D eigenvalue weighted by molar-refractivity contribution is 0.0840. The maximum Gasteiger partial charge on any atom is 0.267 e. The molecular formula is C18H21Cl2N3O5S2. The van der Waals surface area contributed by atoms with Crippen LogP contribution >= 0.6 is 35.0 Å². The van der Waals surface area contributed by atoms with E-state index in [1.807, 2.05) is 0 Å². The molecule has 3 N–H and O–H groups in total. The standard InChI is InChI=1S/C18H21Cl2N3O5S2/c19-14-2-1-3-16(17(14)20)28-11-12(24)9-22-18(25)15-8-13(10-21-15)30(26,27)23-4-6-29-7-5-23/h1-3,8,10,12,21,24H,4-7,9,11H2,(H,22,25). The zero-order valence-electron chi connectivity index (χ0n) is 15.8. The number of nitrogens with one attached hydrogen (secondary N) is 2. The summed E-state index contributed by atoms with van der Waals surface area (Å²) < 4.78 is 32.1. The molecule has 0 aliphatic carbocycles. The summed E-state index contributed by atoms with van der Waals surface area (Å²) in [5.74, 6) is 1.28. The number of nitrogens with zero attached hydrogens (tertiary/aromatic N) is 1. The second kappa shape index (κ2) is 10.3. The number of hydrogen-bond acceptors (Lipinski definition) is 6. The minimum Gasteiger partial charge on any atom is -0.489 e. The van der Waals surface area contributed by atoms with Crippen LogP contribution in [0.3, 0.4) is 0 Å². The summed E-state index contributed by atoms with van der Waals surface area (Å²) in [7, 11) is -3.64. The lowest BCUT2D eigenvalue weighted by Gasteiger charge is -2.24. The number of benzene rings is 1. The predicted molar refractivity (Wildman–Crippen MR) is 117 cm³/mol. The van der Waals surface area contributed by atoms with E-state index in [2.05, 4.69) is 10.3 Å². The van der Waals surface area contributed by atoms with Crippen molar-refractivity contribution < 1.29 is 23.1 Å². The van der Waals surface area contributed by atoms with Gasteiger partial charge >= 0.3 is 0 Å². The quantitative estimate of drug-likeness (QED) is 0.519. The molecule has 1 aromatic heterocycles. The zero-order valence-corrected chi connectivity index (χ0v) is 19.0. The summed E-state index contributed by atoms with van der Waals surface area (Å²) >= 11 is 13.6. The molecule has 3 rings (SSSR count). The molecule has 1 unspecified atom stereocenters. The van der Waals surface area contributed by atoms with Crippen molar-refractivity contribution in [2.45, 2.75) is 11.0 Å². The van der Waals surface area contributed by atoms with E-state index in [4.69, 9.17) is 27.9 Å². The van der Waals surface area contributed by atoms with E-state index in [1.165, 1.54) is 16.6 Å². The van der Waals surface area contributed by atoms with Gasteiger partial charge in [0.2, 0.25) is 10.0 Å². The number of rotatable bonds is 8. The van der Waals surface area contributed by atoms with Gasteiger partial charge in [-0.3, -0.25) is 4.79 Å². The molecule has 1 aliphatic heterocycles. The minimum atomic E-state index is -3.64. The molecule has 1 aliphatic rings. The predicted octanol–water partition coefficient (Wildman–Crippen LogP) is 2.23. The Bertz CT molecular complexity index is 993. The van der Waals surface area contributed by atoms with Gasteiger partial charge in [0, 0.05) is 37.3 Å². The van der Waals surface area contributed by atoms with Gasteiger partial charge in [-0.25, -0.2) is 8.42 Å². The molecule has 0 bridgehead atoms. The number of aliphatic hydroxyl groups excluding tert-OH is 1. The van der Waals surface area contributed by atoms with Crippen molar-refractivity contribution >= 4 is 50.9 Å². The molecule has 2 heterocycles. The third-order valence-corrected chi connectivity index (χ3v) is 7.98. The Morgan fingerprint density at radius 3 is 2.80 bits per heavy atom. The van der Waals surface area contributed by atoms with Crippen molar-refractivity contribution in [1.29, 1.82) is 0 Å². The van der Waals surface area contributed by atoms with Crippen LogP contribution in [0, 0.1) is 0 Å². The number of carbonyl (C=O) groups excluding carboxylic acids is 1. The Hall–Kier alpha value is -1.43. The Morgan fingerprint density at radius 1 is 1.33 bits per heavy atom. The van der Waals surface area contributed by atoms with E-state index in [0.29, 0.717) is 23.9 Å². The van der Waals surface area contributed by atoms with Crippen molar-refractivity contribution in [1.82, 2.24) is 14.6 Å². The summed E-state index contributed by atoms with van der Waals surface area (Å²) in [4.78, 5) is 15.0. The van der Waals surface area contributed by atoms with E-state index in [-0.39, 0.29) is 28.8 Å². The van der Waals surface area contributed by atoms with Crippen LogP contribution in [-0.4, -0.2) is 72.6 Å². The Kier molecular flexibility index (Phi) is 7.94. The summed E-state index contributed by atoms with van der Waals surface area (Å²) in [6.45, 7) is 0.685. The first-order valence-electron chi connectivity index (χ1n) is 9.08. The second-order valence-corrected chi connectivity index (χ2v) is 10.4. The van der Waals surface area contributed by atoms with Gasteiger partial charge in [0.25, 0.3) is 5.91 Å². The number of sulfonamides is 1. The Labute approximate surface area is 188 Å². The first-order valence-corrected chi connectivity index (χ1v) is 12.4. The highest BCUT2D eigenvalue weighted by atomic mass is 35.5. The molecule has 12 heteroatoms. The van der Waals surface area contributed by atoms with E-state index in [0.717, 1.165) is 11.5 Å². The van der Waals surface area contributed by atoms with Crippen LogP contribution in [-0.2, 0) is 10.0 Å². The molecule has 8 nitrogen and oxygen atoms in total. The number of amides is 1. The van der Waals surface area contributed by atoms with E-state index >= 15 is 0 Å². The van der Waals surface area contributed by atoms with E-state index in [1.54, 1.807) is 30.0 Å². The number of halogens is 2. The monoisotopic (exact) mass is 493 g/mol. The van der Waals surface area contributed by atoms with Crippen molar-refractivity contribution in [2.75, 3.05) is 37.7 Å². The largest absolute Gasteiger partial charge is 0.489 e. The number of carbonyl (C=O) groups is 1. The van der Waals surface area contributed by atoms with Gasteiger partial charge in [-0.05, 0) is 18.2 Å². The number of thioether (sulfide) groups is 1. The van der Waals surface area contributed by atoms with Crippen molar-refractivity contribution in [2.24, 2.45) is 0 Å². The molecule has 164 valence electrons. The van der Waals surface area contributed by atoms with Crippen molar-refractivity contribution in [3.05, 3.63) is 46.2 Å². The maximum atomic E-state index is 12.6. The van der Waals surface area contributed by atoms with E-state index < -0.39 is 22.0 Å². The molecule has 0 saturated carbocycles. The number of aliphatic hydroxyl groups is 1. The lowest BCUT2D eigenvalue weighted by Crippen LogP contribution is -2.37. The Balaban J connectivity index is 1.52. The molecule has 1 atom stereocenters. The highest BCUT2D eigenvalue weighted by Crippen LogP contribution is 2.31. The summed E-state index contributed by atoms with van der Waals surface area (Å²) in [6, 6.07) is 6.18. The number of H-pyrrole nitrogens is 1. The molecule has 1 saturated heterocycles. The van der Waals surface area contributed by atoms with Crippen LogP contribution in [0.15, 0.2) is 35.4 Å². The summed E-state index contributed by atoms with van der Waals surface area (Å²) in [5, 5.41) is 13.1. The van der Waals surface area contributed by atoms with Gasteiger partial charge in [-0.15, -0.1) is 0 Å². The highest BCUT2D eigenvalue weighted by Gasteiger charge is 2.27. The fourth-order valence-corrected chi connectivity index (χ4v) is 5.65. The second-order valence-electron chi connectivity index (χ2n) is 6.49. The number of hydrogen-bond donors (Lipinski definition) is 3. The van der Waals surface area contributed by atoms with Gasteiger partial charge < -0.3 is 20.1 Å². The average Bonchev–Trinajstić information content (AvgIpc) is 3.25. The smallest absolute Gasteiger partial charge is 0.267 e. The van der Waals surface area contributed by atoms with Crippen LogP contribution in [0.5, 0.6) is 5.75 Å². The molecule has 1 fully saturated rings. The van der Waals surface area contributed by atoms with Crippen molar-refractivity contribution in [3.8, 4) is 5.75 Å². The fourth-order valence-electron chi connectivity index (χ4n) is 2.74. The molecule has 2 aromatic rings. The zero-order chi connectivity index (χ0) is 21.7. The first kappa shape index (κ1) is 23.2. The fraction of sp³-hybridized carbons (Fsp3) is 0.389. The third-order valence-electron chi connectivity index (χ3n) is 4.35. The molecule has 1 aromatic carbocycles. The highest BCUT2D eigenvalue weighted by molar-refractivity contribution is 7.99. The molecule has 30 heavy (non-hydrogen) atoms. The van der Waals surface area contributed by atoms with Gasteiger partial charge in [-0.1, -0.05) is 29.3 Å². The first-order chi connectivity index (χ1) is 14.3. The van der Waals surface area contributed by atoms with Crippen LogP contribution in [0.25, 0.3) is 0 Å². The number of aromatic amines is 1. The summed E-state index contributed by atoms with van der Waals surface area (Å²) in [6.07, 6.45) is 0.292. The maximum absolute atomic E-state index is 12.6. The molecule has 0 spiro atoms. The molecule has 0 radical (unpaired) electrons. The molecule has 1 amide bonds. The van der Waals surface area contributed by atoms with Gasteiger partial charge in [-0.2, -0.15) is 16.1 Å². The topological polar surface area (TPSA) is 112 Å². The SMILES string of the molecule is O=C(NCC(O)COc1cccc(Cl)c1Cl)c1cc(S(=O)(=O)N2CCSCC2)c[nH]1. The number of ether oxygens (including phenoxy) is 1. The minimum absolute atomic E-state index is 0.0408. The molecular weight excluding hydrogens is 473 g/mol. The Morgan fingerprint density at radius 2 is 2.07 bits per heavy atom. The van der Waals surface area contributed by atoms with Crippen LogP contribution in [0.2, 0.25) is 10.0 Å². The van der Waals surface area contributed by atoms with Crippen molar-refractivity contribution in [3.63, 3.8) is 0 Å². The van der Waals surface area contributed by atoms with Gasteiger partial charge in [0.05, 0.1) is 5.02 Å². The van der Waals surface area contributed by atoms with Crippen LogP contribution in [0.1, 0.15) is 10.5 Å². The third kappa shape index (κ3) is 5.63. The summed E-state index contributed by atoms with van der Waals surface area (Å²) in [5.41, 5.74) is 0.0889. The van der Waals surface area contributed by atoms with Gasteiger partial charge in [0.1, 0.15) is 34.1 Å².